The van der Waals surface area contributed by atoms with Gasteiger partial charge in [-0.3, -0.25) is 0 Å². The van der Waals surface area contributed by atoms with Crippen LogP contribution in [0.25, 0.3) is 0 Å². The lowest BCUT2D eigenvalue weighted by Crippen LogP contribution is -2.64. The maximum Gasteiger partial charge on any atom is 0.426 e. The third-order valence-electron chi connectivity index (χ3n) is 10.6. The molecular weight excluding hydrogens is 704 g/mol. The SMILES string of the molecule is CC.CC.CC.CCC(C)COC(C)(C(F)(F)F)C(F)(F)F.CCC(C)COC(C1CCC2CC3CCCCC3CC2C1)(C(F)(F)F)C(F)(F)F. The summed E-state index contributed by atoms with van der Waals surface area (Å²) in [5.74, 6) is -0.914. The number of alkyl halides is 12. The number of halogens is 12. The third-order valence-corrected chi connectivity index (χ3v) is 10.6. The molecule has 0 bridgehead atoms. The van der Waals surface area contributed by atoms with Crippen LogP contribution in [0.15, 0.2) is 0 Å². The van der Waals surface area contributed by atoms with Gasteiger partial charge in [0.15, 0.2) is 0 Å². The van der Waals surface area contributed by atoms with Gasteiger partial charge in [0.05, 0.1) is 13.2 Å². The molecule has 14 heteroatoms. The van der Waals surface area contributed by atoms with Gasteiger partial charge in [0, 0.05) is 5.92 Å². The highest BCUT2D eigenvalue weighted by atomic mass is 19.4. The van der Waals surface area contributed by atoms with Gasteiger partial charge < -0.3 is 9.47 Å². The van der Waals surface area contributed by atoms with Crippen LogP contribution in [0.2, 0.25) is 0 Å². The molecule has 3 saturated carbocycles. The second-order valence-corrected chi connectivity index (χ2v) is 13.7. The largest absolute Gasteiger partial charge is 0.426 e. The first-order valence-corrected chi connectivity index (χ1v) is 19.0. The molecule has 0 spiro atoms. The van der Waals surface area contributed by atoms with Crippen molar-refractivity contribution in [2.24, 2.45) is 41.4 Å². The second-order valence-electron chi connectivity index (χ2n) is 13.7. The molecule has 0 amide bonds. The van der Waals surface area contributed by atoms with Crippen molar-refractivity contribution in [3.63, 3.8) is 0 Å². The first kappa shape index (κ1) is 52.2. The van der Waals surface area contributed by atoms with E-state index in [9.17, 15) is 52.7 Å². The van der Waals surface area contributed by atoms with Gasteiger partial charge in [-0.05, 0) is 74.5 Å². The molecular formula is C37H66F12O2. The fraction of sp³-hybridized carbons (Fsp3) is 1.00. The molecule has 0 aromatic rings. The highest BCUT2D eigenvalue weighted by Crippen LogP contribution is 2.59. The van der Waals surface area contributed by atoms with Crippen molar-refractivity contribution in [3.05, 3.63) is 0 Å². The van der Waals surface area contributed by atoms with Crippen molar-refractivity contribution < 1.29 is 62.2 Å². The van der Waals surface area contributed by atoms with Gasteiger partial charge in [-0.2, -0.15) is 52.7 Å². The highest BCUT2D eigenvalue weighted by molar-refractivity contribution is 5.05. The summed E-state index contributed by atoms with van der Waals surface area (Å²) in [6.45, 7) is 17.5. The van der Waals surface area contributed by atoms with Gasteiger partial charge in [0.25, 0.3) is 11.2 Å². The lowest BCUT2D eigenvalue weighted by molar-refractivity contribution is -0.403. The minimum absolute atomic E-state index is 0.00931. The van der Waals surface area contributed by atoms with Gasteiger partial charge >= 0.3 is 24.7 Å². The number of rotatable bonds is 9. The molecule has 0 radical (unpaired) electrons. The molecule has 7 unspecified atom stereocenters. The van der Waals surface area contributed by atoms with E-state index < -0.39 is 55.0 Å². The van der Waals surface area contributed by atoms with Crippen LogP contribution >= 0.6 is 0 Å². The standard InChI is InChI=1S/C22H34F6O.C9H14F6O.3C2H6/c1-3-14(2)13-29-20(21(23,24)25,22(26,27)28)19-9-8-17-10-15-6-4-5-7-16(15)11-18(17)12-19;1-4-6(2)5-16-7(3,8(10,11)12)9(13,14)15;3*1-2/h14-19H,3-13H2,1-2H3;6H,4-5H2,1-3H3;3*1-2H3. The van der Waals surface area contributed by atoms with Crippen LogP contribution in [0.5, 0.6) is 0 Å². The summed E-state index contributed by atoms with van der Waals surface area (Å²) in [5, 5.41) is 0. The Balaban J connectivity index is 0. The Hall–Kier alpha value is -0.920. The number of hydrogen-bond acceptors (Lipinski definition) is 2. The van der Waals surface area contributed by atoms with Crippen LogP contribution in [-0.2, 0) is 9.47 Å². The molecule has 3 fully saturated rings. The summed E-state index contributed by atoms with van der Waals surface area (Å²) in [7, 11) is 0. The zero-order chi connectivity index (χ0) is 40.6. The third kappa shape index (κ3) is 13.7. The number of hydrogen-bond donors (Lipinski definition) is 0. The summed E-state index contributed by atoms with van der Waals surface area (Å²) < 4.78 is 167. The number of fused-ring (bicyclic) bond motifs is 2. The molecule has 0 heterocycles. The van der Waals surface area contributed by atoms with E-state index in [1.165, 1.54) is 19.8 Å². The number of ether oxygens (including phenoxy) is 2. The summed E-state index contributed by atoms with van der Waals surface area (Å²) >= 11 is 0. The van der Waals surface area contributed by atoms with E-state index >= 15 is 0 Å². The van der Waals surface area contributed by atoms with Crippen molar-refractivity contribution in [3.8, 4) is 0 Å². The first-order valence-electron chi connectivity index (χ1n) is 19.0. The summed E-state index contributed by atoms with van der Waals surface area (Å²) in [5.41, 5.74) is -8.14. The summed E-state index contributed by atoms with van der Waals surface area (Å²) in [6, 6.07) is 0. The molecule has 0 aromatic heterocycles. The van der Waals surface area contributed by atoms with Gasteiger partial charge in [0.1, 0.15) is 0 Å². The Bertz CT molecular complexity index is 870. The Labute approximate surface area is 299 Å². The van der Waals surface area contributed by atoms with E-state index in [1.54, 1.807) is 20.8 Å². The van der Waals surface area contributed by atoms with Crippen molar-refractivity contribution in [2.75, 3.05) is 13.2 Å². The average Bonchev–Trinajstić information content (AvgIpc) is 3.06. The molecule has 3 aliphatic rings. The van der Waals surface area contributed by atoms with E-state index in [-0.39, 0.29) is 43.4 Å². The molecule has 7 atom stereocenters. The highest BCUT2D eigenvalue weighted by Gasteiger charge is 2.76. The lowest BCUT2D eigenvalue weighted by atomic mass is 9.57. The van der Waals surface area contributed by atoms with Gasteiger partial charge in [-0.15, -0.1) is 0 Å². The van der Waals surface area contributed by atoms with Crippen LogP contribution in [0.1, 0.15) is 147 Å². The Morgan fingerprint density at radius 2 is 0.843 bits per heavy atom. The molecule has 51 heavy (non-hydrogen) atoms. The van der Waals surface area contributed by atoms with E-state index in [0.717, 1.165) is 25.7 Å². The van der Waals surface area contributed by atoms with E-state index in [2.05, 4.69) is 4.74 Å². The van der Waals surface area contributed by atoms with Crippen LogP contribution in [-0.4, -0.2) is 49.1 Å². The van der Waals surface area contributed by atoms with Crippen LogP contribution < -0.4 is 0 Å². The normalized spacial score (nSPS) is 25.4. The van der Waals surface area contributed by atoms with Gasteiger partial charge in [0.2, 0.25) is 0 Å². The Kier molecular flexibility index (Phi) is 23.0. The van der Waals surface area contributed by atoms with Crippen molar-refractivity contribution in [1.29, 1.82) is 0 Å². The lowest BCUT2D eigenvalue weighted by Gasteiger charge is -2.51. The fourth-order valence-electron chi connectivity index (χ4n) is 7.03. The topological polar surface area (TPSA) is 18.5 Å². The maximum absolute atomic E-state index is 14.1. The Morgan fingerprint density at radius 1 is 0.490 bits per heavy atom. The average molecular weight is 771 g/mol. The van der Waals surface area contributed by atoms with Crippen LogP contribution in [0, 0.1) is 41.4 Å². The quantitative estimate of drug-likeness (QED) is 0.217. The molecule has 3 aliphatic carbocycles. The minimum Gasteiger partial charge on any atom is -0.358 e. The summed E-state index contributed by atoms with van der Waals surface area (Å²) in [4.78, 5) is 0. The van der Waals surface area contributed by atoms with Crippen molar-refractivity contribution >= 4 is 0 Å². The second kappa shape index (κ2) is 22.5. The Morgan fingerprint density at radius 3 is 1.20 bits per heavy atom. The first-order chi connectivity index (χ1) is 23.4. The zero-order valence-corrected chi connectivity index (χ0v) is 32.6. The van der Waals surface area contributed by atoms with Crippen LogP contribution in [0.3, 0.4) is 0 Å². The van der Waals surface area contributed by atoms with E-state index in [0.29, 0.717) is 31.1 Å². The summed E-state index contributed by atoms with van der Waals surface area (Å²) in [6.07, 6.45) is -14.2. The molecule has 0 aliphatic heterocycles. The van der Waals surface area contributed by atoms with E-state index in [1.807, 2.05) is 41.5 Å². The molecule has 0 aromatic carbocycles. The van der Waals surface area contributed by atoms with Crippen molar-refractivity contribution in [1.82, 2.24) is 0 Å². The predicted molar refractivity (Wildman–Crippen MR) is 179 cm³/mol. The van der Waals surface area contributed by atoms with E-state index in [4.69, 9.17) is 4.74 Å². The van der Waals surface area contributed by atoms with Crippen LogP contribution in [0.4, 0.5) is 52.7 Å². The zero-order valence-electron chi connectivity index (χ0n) is 32.6. The van der Waals surface area contributed by atoms with Gasteiger partial charge in [-0.25, -0.2) is 0 Å². The monoisotopic (exact) mass is 770 g/mol. The molecule has 0 saturated heterocycles. The van der Waals surface area contributed by atoms with Gasteiger partial charge in [-0.1, -0.05) is 108 Å². The minimum atomic E-state index is -5.47. The predicted octanol–water partition coefficient (Wildman–Crippen LogP) is 14.6. The molecule has 310 valence electrons. The molecule has 3 rings (SSSR count). The maximum atomic E-state index is 14.1. The molecule has 2 nitrogen and oxygen atoms in total. The van der Waals surface area contributed by atoms with Crippen molar-refractivity contribution in [2.45, 2.75) is 183 Å². The fourth-order valence-corrected chi connectivity index (χ4v) is 7.03. The smallest absolute Gasteiger partial charge is 0.358 e. The molecule has 0 N–H and O–H groups in total.